The van der Waals surface area contributed by atoms with Crippen molar-refractivity contribution in [1.29, 1.82) is 0 Å². The summed E-state index contributed by atoms with van der Waals surface area (Å²) in [4.78, 5) is 4.45. The molecule has 20 heavy (non-hydrogen) atoms. The molecule has 1 aliphatic rings. The lowest BCUT2D eigenvalue weighted by Crippen LogP contribution is -2.03. The Bertz CT molecular complexity index is 749. The minimum Gasteiger partial charge on any atom is -0.480 e. The Labute approximate surface area is 120 Å². The third-order valence-corrected chi connectivity index (χ3v) is 3.77. The fraction of sp³-hybridized carbons (Fsp3) is 0.133. The largest absolute Gasteiger partial charge is 0.480 e. The molecule has 0 fully saturated rings. The monoisotopic (exact) mass is 286 g/mol. The second-order valence-electron chi connectivity index (χ2n) is 4.81. The summed E-state index contributed by atoms with van der Waals surface area (Å²) in [6.07, 6.45) is 0.562. The van der Waals surface area contributed by atoms with Crippen LogP contribution in [0.4, 0.5) is 5.69 Å². The van der Waals surface area contributed by atoms with Gasteiger partial charge in [-0.15, -0.1) is 0 Å². The molecule has 4 nitrogen and oxygen atoms in total. The van der Waals surface area contributed by atoms with Crippen LogP contribution >= 0.6 is 11.6 Å². The van der Waals surface area contributed by atoms with Crippen molar-refractivity contribution in [2.75, 3.05) is 5.73 Å². The van der Waals surface area contributed by atoms with Crippen molar-refractivity contribution in [3.8, 4) is 5.75 Å². The van der Waals surface area contributed by atoms with Gasteiger partial charge in [0.2, 0.25) is 5.89 Å². The number of rotatable bonds is 1. The molecule has 0 spiro atoms. The number of nitrogens with two attached hydrogens (primary N) is 1. The van der Waals surface area contributed by atoms with Gasteiger partial charge in [-0.1, -0.05) is 29.8 Å². The Kier molecular flexibility index (Phi) is 2.41. The maximum absolute atomic E-state index is 5.99. The van der Waals surface area contributed by atoms with Gasteiger partial charge < -0.3 is 14.9 Å². The number of oxazole rings is 1. The first-order valence-electron chi connectivity index (χ1n) is 6.31. The number of hydrogen-bond acceptors (Lipinski definition) is 4. The quantitative estimate of drug-likeness (QED) is 0.692. The Morgan fingerprint density at radius 1 is 1.25 bits per heavy atom. The fourth-order valence-electron chi connectivity index (χ4n) is 2.44. The summed E-state index contributed by atoms with van der Waals surface area (Å²) in [5.74, 6) is 1.44. The standard InChI is InChI=1S/C15H11ClN2O2/c16-9-6-11-13(7-10(9)17)20-15(18-11)14-5-8-3-1-2-4-12(8)19-14/h1-4,6-7,14H,5,17H2. The molecule has 0 bridgehead atoms. The van der Waals surface area contributed by atoms with Gasteiger partial charge in [0.25, 0.3) is 0 Å². The zero-order chi connectivity index (χ0) is 13.7. The highest BCUT2D eigenvalue weighted by Gasteiger charge is 2.28. The first-order valence-corrected chi connectivity index (χ1v) is 6.68. The molecule has 1 atom stereocenters. The van der Waals surface area contributed by atoms with E-state index in [-0.39, 0.29) is 6.10 Å². The van der Waals surface area contributed by atoms with E-state index >= 15 is 0 Å². The van der Waals surface area contributed by atoms with Gasteiger partial charge in [0.15, 0.2) is 11.7 Å². The molecule has 5 heteroatoms. The van der Waals surface area contributed by atoms with Crippen LogP contribution < -0.4 is 10.5 Å². The van der Waals surface area contributed by atoms with E-state index in [1.54, 1.807) is 12.1 Å². The highest BCUT2D eigenvalue weighted by atomic mass is 35.5. The number of hydrogen-bond donors (Lipinski definition) is 1. The molecule has 0 saturated heterocycles. The van der Waals surface area contributed by atoms with Crippen molar-refractivity contribution >= 4 is 28.4 Å². The SMILES string of the molecule is Nc1cc2oc(C3Cc4ccccc4O3)nc2cc1Cl. The molecule has 2 aromatic carbocycles. The number of nitrogens with zero attached hydrogens (tertiary/aromatic N) is 1. The third kappa shape index (κ3) is 1.72. The molecule has 2 heterocycles. The van der Waals surface area contributed by atoms with Crippen LogP contribution in [0.3, 0.4) is 0 Å². The summed E-state index contributed by atoms with van der Waals surface area (Å²) in [6.45, 7) is 0. The molecular formula is C15H11ClN2O2. The zero-order valence-electron chi connectivity index (χ0n) is 10.5. The van der Waals surface area contributed by atoms with E-state index in [4.69, 9.17) is 26.5 Å². The van der Waals surface area contributed by atoms with Crippen molar-refractivity contribution < 1.29 is 9.15 Å². The average Bonchev–Trinajstić information content (AvgIpc) is 3.02. The minimum atomic E-state index is -0.195. The van der Waals surface area contributed by atoms with Gasteiger partial charge in [-0.05, 0) is 17.7 Å². The summed E-state index contributed by atoms with van der Waals surface area (Å²) in [5.41, 5.74) is 8.73. The molecule has 2 N–H and O–H groups in total. The predicted molar refractivity (Wildman–Crippen MR) is 76.9 cm³/mol. The van der Waals surface area contributed by atoms with Gasteiger partial charge >= 0.3 is 0 Å². The van der Waals surface area contributed by atoms with Gasteiger partial charge in [-0.2, -0.15) is 0 Å². The lowest BCUT2D eigenvalue weighted by molar-refractivity contribution is 0.201. The van der Waals surface area contributed by atoms with Crippen LogP contribution in [0.2, 0.25) is 5.02 Å². The van der Waals surface area contributed by atoms with Crippen LogP contribution in [0.1, 0.15) is 17.6 Å². The molecule has 4 rings (SSSR count). The van der Waals surface area contributed by atoms with Crippen molar-refractivity contribution in [2.45, 2.75) is 12.5 Å². The Morgan fingerprint density at radius 3 is 2.95 bits per heavy atom. The van der Waals surface area contributed by atoms with Crippen LogP contribution in [0.15, 0.2) is 40.8 Å². The lowest BCUT2D eigenvalue weighted by Gasteiger charge is -2.04. The molecule has 1 aromatic heterocycles. The van der Waals surface area contributed by atoms with Crippen molar-refractivity contribution in [1.82, 2.24) is 4.98 Å². The van der Waals surface area contributed by atoms with Crippen molar-refractivity contribution in [2.24, 2.45) is 0 Å². The van der Waals surface area contributed by atoms with Gasteiger partial charge in [0.05, 0.1) is 10.7 Å². The number of anilines is 1. The smallest absolute Gasteiger partial charge is 0.237 e. The van der Waals surface area contributed by atoms with E-state index in [1.807, 2.05) is 24.3 Å². The summed E-state index contributed by atoms with van der Waals surface area (Å²) < 4.78 is 11.6. The van der Waals surface area contributed by atoms with Crippen LogP contribution in [0, 0.1) is 0 Å². The number of halogens is 1. The van der Waals surface area contributed by atoms with Crippen molar-refractivity contribution in [3.05, 3.63) is 52.9 Å². The number of benzene rings is 2. The minimum absolute atomic E-state index is 0.195. The number of fused-ring (bicyclic) bond motifs is 2. The predicted octanol–water partition coefficient (Wildman–Crippen LogP) is 3.74. The molecule has 100 valence electrons. The summed E-state index contributed by atoms with van der Waals surface area (Å²) >= 11 is 5.99. The number of ether oxygens (including phenoxy) is 1. The van der Waals surface area contributed by atoms with Crippen molar-refractivity contribution in [3.63, 3.8) is 0 Å². The summed E-state index contributed by atoms with van der Waals surface area (Å²) in [7, 11) is 0. The van der Waals surface area contributed by atoms with E-state index in [1.165, 1.54) is 0 Å². The first-order chi connectivity index (χ1) is 9.70. The Hall–Kier alpha value is -2.20. The third-order valence-electron chi connectivity index (χ3n) is 3.45. The second-order valence-corrected chi connectivity index (χ2v) is 5.22. The van der Waals surface area contributed by atoms with E-state index in [0.717, 1.165) is 17.7 Å². The highest BCUT2D eigenvalue weighted by molar-refractivity contribution is 6.33. The first kappa shape index (κ1) is 11.6. The van der Waals surface area contributed by atoms with Gasteiger partial charge in [0, 0.05) is 12.5 Å². The van der Waals surface area contributed by atoms with E-state index in [9.17, 15) is 0 Å². The normalized spacial score (nSPS) is 17.1. The summed E-state index contributed by atoms with van der Waals surface area (Å²) in [5, 5.41) is 0.480. The van der Waals surface area contributed by atoms with Gasteiger partial charge in [-0.25, -0.2) is 4.98 Å². The Morgan fingerprint density at radius 2 is 2.10 bits per heavy atom. The van der Waals surface area contributed by atoms with Gasteiger partial charge in [0.1, 0.15) is 11.3 Å². The van der Waals surface area contributed by atoms with Gasteiger partial charge in [-0.3, -0.25) is 0 Å². The maximum Gasteiger partial charge on any atom is 0.237 e. The molecule has 0 saturated carbocycles. The maximum atomic E-state index is 5.99. The van der Waals surface area contributed by atoms with Crippen LogP contribution in [-0.4, -0.2) is 4.98 Å². The molecule has 0 radical (unpaired) electrons. The fourth-order valence-corrected chi connectivity index (χ4v) is 2.60. The van der Waals surface area contributed by atoms with E-state index in [2.05, 4.69) is 4.98 Å². The number of nitrogen functional groups attached to an aromatic ring is 1. The second kappa shape index (κ2) is 4.15. The highest BCUT2D eigenvalue weighted by Crippen LogP contribution is 2.37. The number of aromatic nitrogens is 1. The average molecular weight is 287 g/mol. The molecule has 0 aliphatic carbocycles. The number of para-hydroxylation sites is 1. The van der Waals surface area contributed by atoms with Crippen LogP contribution in [-0.2, 0) is 6.42 Å². The molecule has 1 aliphatic heterocycles. The Balaban J connectivity index is 1.74. The topological polar surface area (TPSA) is 61.3 Å². The summed E-state index contributed by atoms with van der Waals surface area (Å²) in [6, 6.07) is 11.3. The zero-order valence-corrected chi connectivity index (χ0v) is 11.2. The molecule has 0 amide bonds. The molecular weight excluding hydrogens is 276 g/mol. The van der Waals surface area contributed by atoms with E-state index in [0.29, 0.717) is 27.7 Å². The molecule has 1 unspecified atom stereocenters. The lowest BCUT2D eigenvalue weighted by atomic mass is 10.1. The van der Waals surface area contributed by atoms with Crippen LogP contribution in [0.5, 0.6) is 5.75 Å². The molecule has 3 aromatic rings. The van der Waals surface area contributed by atoms with Crippen LogP contribution in [0.25, 0.3) is 11.1 Å². The van der Waals surface area contributed by atoms with E-state index < -0.39 is 0 Å².